The van der Waals surface area contributed by atoms with Crippen molar-refractivity contribution in [2.24, 2.45) is 0 Å². The lowest BCUT2D eigenvalue weighted by Gasteiger charge is -2.24. The number of aliphatic hydroxyl groups is 1. The van der Waals surface area contributed by atoms with Crippen molar-refractivity contribution >= 4 is 11.9 Å². The summed E-state index contributed by atoms with van der Waals surface area (Å²) < 4.78 is 5.82. The fourth-order valence-electron chi connectivity index (χ4n) is 5.99. The van der Waals surface area contributed by atoms with E-state index in [2.05, 4.69) is 19.2 Å². The molecule has 0 saturated carbocycles. The Hall–Kier alpha value is -2.14. The number of hydrogen-bond donors (Lipinski definition) is 2. The fourth-order valence-corrected chi connectivity index (χ4v) is 5.99. The Morgan fingerprint density at radius 3 is 1.54 bits per heavy atom. The number of unbranched alkanes of at least 4 members (excludes halogenated alkanes) is 23. The van der Waals surface area contributed by atoms with Gasteiger partial charge in [0.15, 0.2) is 0 Å². The number of nitrogens with one attached hydrogen (secondary N) is 1. The van der Waals surface area contributed by atoms with Gasteiger partial charge in [0.25, 0.3) is 0 Å². The maximum atomic E-state index is 12.9. The van der Waals surface area contributed by atoms with Crippen LogP contribution in [0.2, 0.25) is 0 Å². The summed E-state index contributed by atoms with van der Waals surface area (Å²) in [5.41, 5.74) is 0.459. The molecule has 46 heavy (non-hydrogen) atoms. The summed E-state index contributed by atoms with van der Waals surface area (Å²) in [4.78, 5) is 25.6. The summed E-state index contributed by atoms with van der Waals surface area (Å²) in [5.74, 6) is -0.546. The third-order valence-electron chi connectivity index (χ3n) is 9.00. The van der Waals surface area contributed by atoms with Gasteiger partial charge in [0.05, 0.1) is 18.2 Å². The van der Waals surface area contributed by atoms with Gasteiger partial charge in [0.2, 0.25) is 5.91 Å². The smallest absolute Gasteiger partial charge is 0.338 e. The lowest BCUT2D eigenvalue weighted by Crippen LogP contribution is -2.46. The summed E-state index contributed by atoms with van der Waals surface area (Å²) in [5, 5.41) is 13.1. The average Bonchev–Trinajstić information content (AvgIpc) is 3.07. The Labute approximate surface area is 283 Å². The van der Waals surface area contributed by atoms with Crippen molar-refractivity contribution in [3.63, 3.8) is 0 Å². The lowest BCUT2D eigenvalue weighted by molar-refractivity contribution is -0.123. The summed E-state index contributed by atoms with van der Waals surface area (Å²) in [6.07, 6.45) is 35.2. The van der Waals surface area contributed by atoms with Gasteiger partial charge in [-0.25, -0.2) is 4.79 Å². The molecule has 1 aromatic rings. The van der Waals surface area contributed by atoms with E-state index >= 15 is 0 Å². The molecule has 0 aliphatic heterocycles. The van der Waals surface area contributed by atoms with Crippen LogP contribution in [-0.2, 0) is 9.53 Å². The first-order chi connectivity index (χ1) is 22.6. The third kappa shape index (κ3) is 24.1. The van der Waals surface area contributed by atoms with E-state index in [1.54, 1.807) is 24.3 Å². The van der Waals surface area contributed by atoms with Crippen molar-refractivity contribution in [2.75, 3.05) is 6.61 Å². The van der Waals surface area contributed by atoms with E-state index in [0.717, 1.165) is 32.1 Å². The SMILES string of the molecule is CCCCCCCCCCCCC/C=C/[C@@H](OC(=O)c1ccccc1)[C@H](CO)NC(=O)CCCCCCCCCCCCCCC. The number of amides is 1. The molecule has 0 fully saturated rings. The molecular weight excluding hydrogens is 570 g/mol. The number of ether oxygens (including phenoxy) is 1. The van der Waals surface area contributed by atoms with Crippen molar-refractivity contribution < 1.29 is 19.4 Å². The number of hydrogen-bond acceptors (Lipinski definition) is 4. The zero-order valence-corrected chi connectivity index (χ0v) is 30.0. The van der Waals surface area contributed by atoms with Crippen LogP contribution < -0.4 is 5.32 Å². The number of benzene rings is 1. The van der Waals surface area contributed by atoms with Crippen LogP contribution >= 0.6 is 0 Å². The minimum absolute atomic E-state index is 0.0957. The molecule has 5 heteroatoms. The number of carbonyl (C=O) groups excluding carboxylic acids is 2. The largest absolute Gasteiger partial charge is 0.452 e. The molecule has 2 atom stereocenters. The number of allylic oxidation sites excluding steroid dienone is 1. The molecule has 0 aromatic heterocycles. The van der Waals surface area contributed by atoms with Crippen LogP contribution in [-0.4, -0.2) is 35.7 Å². The third-order valence-corrected chi connectivity index (χ3v) is 9.00. The average molecular weight is 642 g/mol. The van der Waals surface area contributed by atoms with E-state index < -0.39 is 18.1 Å². The van der Waals surface area contributed by atoms with Gasteiger partial charge in [-0.05, 0) is 37.5 Å². The number of rotatable bonds is 32. The van der Waals surface area contributed by atoms with Crippen LogP contribution in [0.15, 0.2) is 42.5 Å². The summed E-state index contributed by atoms with van der Waals surface area (Å²) in [7, 11) is 0. The van der Waals surface area contributed by atoms with Crippen LogP contribution in [0.3, 0.4) is 0 Å². The van der Waals surface area contributed by atoms with Crippen LogP contribution in [0.5, 0.6) is 0 Å². The minimum atomic E-state index is -0.721. The zero-order valence-electron chi connectivity index (χ0n) is 30.0. The van der Waals surface area contributed by atoms with E-state index in [1.165, 1.54) is 128 Å². The van der Waals surface area contributed by atoms with Crippen molar-refractivity contribution in [1.29, 1.82) is 0 Å². The Kier molecular flexibility index (Phi) is 28.6. The Bertz CT molecular complexity index is 855. The molecule has 2 N–H and O–H groups in total. The highest BCUT2D eigenvalue weighted by molar-refractivity contribution is 5.89. The number of aliphatic hydroxyl groups excluding tert-OH is 1. The van der Waals surface area contributed by atoms with Gasteiger partial charge in [-0.3, -0.25) is 4.79 Å². The van der Waals surface area contributed by atoms with Crippen LogP contribution in [0, 0.1) is 0 Å². The molecule has 1 aromatic carbocycles. The Morgan fingerprint density at radius 2 is 1.09 bits per heavy atom. The molecule has 0 radical (unpaired) electrons. The second kappa shape index (κ2) is 31.5. The van der Waals surface area contributed by atoms with E-state index in [-0.39, 0.29) is 12.5 Å². The van der Waals surface area contributed by atoms with E-state index in [9.17, 15) is 14.7 Å². The molecule has 1 rings (SSSR count). The van der Waals surface area contributed by atoms with Gasteiger partial charge in [0.1, 0.15) is 6.10 Å². The van der Waals surface area contributed by atoms with Crippen LogP contribution in [0.4, 0.5) is 0 Å². The van der Waals surface area contributed by atoms with Crippen molar-refractivity contribution in [3.8, 4) is 0 Å². The van der Waals surface area contributed by atoms with Gasteiger partial charge >= 0.3 is 5.97 Å². The number of carbonyl (C=O) groups is 2. The predicted octanol–water partition coefficient (Wildman–Crippen LogP) is 11.4. The maximum absolute atomic E-state index is 12.9. The molecule has 5 nitrogen and oxygen atoms in total. The topological polar surface area (TPSA) is 75.6 Å². The highest BCUT2D eigenvalue weighted by Crippen LogP contribution is 2.15. The molecule has 0 saturated heterocycles. The number of esters is 1. The second-order valence-corrected chi connectivity index (χ2v) is 13.3. The molecule has 0 bridgehead atoms. The van der Waals surface area contributed by atoms with Crippen LogP contribution in [0.25, 0.3) is 0 Å². The van der Waals surface area contributed by atoms with Crippen molar-refractivity contribution in [3.05, 3.63) is 48.0 Å². The summed E-state index contributed by atoms with van der Waals surface area (Å²) in [6, 6.07) is 8.22. The Balaban J connectivity index is 2.37. The molecule has 0 spiro atoms. The van der Waals surface area contributed by atoms with Crippen molar-refractivity contribution in [1.82, 2.24) is 5.32 Å². The quantitative estimate of drug-likeness (QED) is 0.0466. The molecular formula is C41H71NO4. The minimum Gasteiger partial charge on any atom is -0.452 e. The van der Waals surface area contributed by atoms with Gasteiger partial charge in [0, 0.05) is 6.42 Å². The predicted molar refractivity (Wildman–Crippen MR) is 195 cm³/mol. The fraction of sp³-hybridized carbons (Fsp3) is 0.756. The summed E-state index contributed by atoms with van der Waals surface area (Å²) >= 11 is 0. The maximum Gasteiger partial charge on any atom is 0.338 e. The van der Waals surface area contributed by atoms with Gasteiger partial charge in [-0.15, -0.1) is 0 Å². The van der Waals surface area contributed by atoms with Gasteiger partial charge in [-0.1, -0.05) is 179 Å². The highest BCUT2D eigenvalue weighted by Gasteiger charge is 2.24. The molecule has 1 amide bonds. The van der Waals surface area contributed by atoms with Crippen LogP contribution in [0.1, 0.15) is 191 Å². The molecule has 264 valence electrons. The normalized spacial score (nSPS) is 12.8. The van der Waals surface area contributed by atoms with E-state index in [0.29, 0.717) is 12.0 Å². The van der Waals surface area contributed by atoms with E-state index in [4.69, 9.17) is 4.74 Å². The summed E-state index contributed by atoms with van der Waals surface area (Å²) in [6.45, 7) is 4.23. The molecule has 0 heterocycles. The highest BCUT2D eigenvalue weighted by atomic mass is 16.5. The first kappa shape index (κ1) is 41.9. The molecule has 0 aliphatic rings. The van der Waals surface area contributed by atoms with Crippen molar-refractivity contribution in [2.45, 2.75) is 193 Å². The molecule has 0 unspecified atom stereocenters. The monoisotopic (exact) mass is 642 g/mol. The Morgan fingerprint density at radius 1 is 0.652 bits per heavy atom. The zero-order chi connectivity index (χ0) is 33.3. The first-order valence-corrected chi connectivity index (χ1v) is 19.4. The second-order valence-electron chi connectivity index (χ2n) is 13.3. The van der Waals surface area contributed by atoms with E-state index in [1.807, 2.05) is 18.2 Å². The molecule has 0 aliphatic carbocycles. The standard InChI is InChI=1S/C41H71NO4/c1-3-5-7-9-11-13-15-17-19-21-23-25-30-34-39(46-41(45)37-32-28-27-29-33-37)38(36-43)42-40(44)35-31-26-24-22-20-18-16-14-12-10-8-6-4-2/h27-30,32-34,38-39,43H,3-26,31,35-36H2,1-2H3,(H,42,44)/b34-30+/t38-,39+/m0/s1. The van der Waals surface area contributed by atoms with Gasteiger partial charge < -0.3 is 15.2 Å². The first-order valence-electron chi connectivity index (χ1n) is 19.4. The lowest BCUT2D eigenvalue weighted by atomic mass is 10.0. The van der Waals surface area contributed by atoms with Gasteiger partial charge in [-0.2, -0.15) is 0 Å².